The number of carbonyl (C=O) groups excluding carboxylic acids is 1. The molecule has 0 bridgehead atoms. The highest BCUT2D eigenvalue weighted by Crippen LogP contribution is 2.28. The average Bonchev–Trinajstić information content (AvgIpc) is 3.11. The van der Waals surface area contributed by atoms with Crippen molar-refractivity contribution in [2.45, 2.75) is 32.4 Å². The summed E-state index contributed by atoms with van der Waals surface area (Å²) in [6, 6.07) is 7.24. The van der Waals surface area contributed by atoms with Crippen molar-refractivity contribution in [1.29, 1.82) is 0 Å². The molecule has 1 amide bonds. The highest BCUT2D eigenvalue weighted by atomic mass is 19.4. The number of amides is 1. The third-order valence-corrected chi connectivity index (χ3v) is 5.09. The number of nitrogens with zero attached hydrogens (tertiary/aromatic N) is 5. The second-order valence-corrected chi connectivity index (χ2v) is 7.56. The summed E-state index contributed by atoms with van der Waals surface area (Å²) >= 11 is 0. The Hall–Kier alpha value is -3.77. The summed E-state index contributed by atoms with van der Waals surface area (Å²) in [4.78, 5) is 13.7. The van der Waals surface area contributed by atoms with E-state index in [4.69, 9.17) is 9.47 Å². The Morgan fingerprint density at radius 3 is 2.32 bits per heavy atom. The molecule has 1 saturated heterocycles. The van der Waals surface area contributed by atoms with Crippen LogP contribution in [0.15, 0.2) is 36.4 Å². The van der Waals surface area contributed by atoms with Gasteiger partial charge in [0.2, 0.25) is 17.7 Å². The number of carbonyl (C=O) groups is 1. The van der Waals surface area contributed by atoms with E-state index < -0.39 is 29.4 Å². The van der Waals surface area contributed by atoms with E-state index in [1.54, 1.807) is 0 Å². The van der Waals surface area contributed by atoms with Gasteiger partial charge in [-0.25, -0.2) is 8.78 Å². The van der Waals surface area contributed by atoms with Crippen LogP contribution in [0, 0.1) is 18.6 Å². The van der Waals surface area contributed by atoms with Crippen LogP contribution in [0.5, 0.6) is 11.8 Å². The van der Waals surface area contributed by atoms with Gasteiger partial charge in [0.05, 0.1) is 18.7 Å². The van der Waals surface area contributed by atoms with E-state index in [1.165, 1.54) is 30.0 Å². The molecule has 0 aliphatic carbocycles. The molecule has 4 rings (SSSR count). The standard InChI is InChI=1S/C21H18F5N5O3/c1-12-7-17(21(24,25)26)29-31(12)10-20(32)30-8-13(9-30)34-19-6-5-18(27-28-19)33-11-14-15(22)3-2-4-16(14)23/h2-7,13H,8-11H2,1H3. The summed E-state index contributed by atoms with van der Waals surface area (Å²) in [5.74, 6) is -1.68. The second kappa shape index (κ2) is 9.23. The van der Waals surface area contributed by atoms with Crippen LogP contribution in [-0.2, 0) is 24.1 Å². The lowest BCUT2D eigenvalue weighted by atomic mass is 10.1. The molecule has 1 aliphatic heterocycles. The number of aryl methyl sites for hydroxylation is 1. The van der Waals surface area contributed by atoms with E-state index in [1.807, 2.05) is 0 Å². The number of rotatable bonds is 7. The molecule has 0 atom stereocenters. The summed E-state index contributed by atoms with van der Waals surface area (Å²) in [6.45, 7) is 1.20. The third-order valence-electron chi connectivity index (χ3n) is 5.09. The SMILES string of the molecule is Cc1cc(C(F)(F)F)nn1CC(=O)N1CC(Oc2ccc(OCc3c(F)cccc3F)nn2)C1. The first-order valence-electron chi connectivity index (χ1n) is 10.1. The number of alkyl halides is 3. The number of hydrogen-bond donors (Lipinski definition) is 0. The lowest BCUT2D eigenvalue weighted by Gasteiger charge is -2.38. The minimum absolute atomic E-state index is 0.0354. The number of benzene rings is 1. The van der Waals surface area contributed by atoms with Crippen molar-refractivity contribution in [3.8, 4) is 11.8 Å². The molecule has 2 aromatic heterocycles. The van der Waals surface area contributed by atoms with E-state index in [2.05, 4.69) is 15.3 Å². The Morgan fingerprint density at radius 1 is 1.09 bits per heavy atom. The number of ether oxygens (including phenoxy) is 2. The summed E-state index contributed by atoms with van der Waals surface area (Å²) in [7, 11) is 0. The lowest BCUT2D eigenvalue weighted by Crippen LogP contribution is -2.57. The van der Waals surface area contributed by atoms with Crippen molar-refractivity contribution >= 4 is 5.91 Å². The monoisotopic (exact) mass is 483 g/mol. The molecule has 8 nitrogen and oxygen atoms in total. The Kier molecular flexibility index (Phi) is 6.35. The zero-order valence-electron chi connectivity index (χ0n) is 17.7. The van der Waals surface area contributed by atoms with Crippen molar-refractivity contribution in [3.63, 3.8) is 0 Å². The molecular formula is C21H18F5N5O3. The van der Waals surface area contributed by atoms with Crippen LogP contribution < -0.4 is 9.47 Å². The zero-order chi connectivity index (χ0) is 24.5. The van der Waals surface area contributed by atoms with E-state index in [-0.39, 0.29) is 55.4 Å². The fourth-order valence-corrected chi connectivity index (χ4v) is 3.19. The van der Waals surface area contributed by atoms with Gasteiger partial charge in [-0.3, -0.25) is 9.48 Å². The molecule has 1 aromatic carbocycles. The van der Waals surface area contributed by atoms with Crippen LogP contribution in [0.2, 0.25) is 0 Å². The molecule has 1 aliphatic rings. The minimum Gasteiger partial charge on any atom is -0.471 e. The minimum atomic E-state index is -4.58. The largest absolute Gasteiger partial charge is 0.471 e. The van der Waals surface area contributed by atoms with Crippen LogP contribution >= 0.6 is 0 Å². The Bertz CT molecular complexity index is 1160. The van der Waals surface area contributed by atoms with Gasteiger partial charge in [-0.05, 0) is 25.1 Å². The highest BCUT2D eigenvalue weighted by Gasteiger charge is 2.36. The Labute approximate surface area is 189 Å². The van der Waals surface area contributed by atoms with Gasteiger partial charge in [0.1, 0.15) is 30.9 Å². The van der Waals surface area contributed by atoms with Gasteiger partial charge >= 0.3 is 6.18 Å². The molecule has 1 fully saturated rings. The van der Waals surface area contributed by atoms with Crippen LogP contribution in [0.4, 0.5) is 22.0 Å². The van der Waals surface area contributed by atoms with Gasteiger partial charge in [-0.1, -0.05) is 6.07 Å². The summed E-state index contributed by atoms with van der Waals surface area (Å²) in [5.41, 5.74) is -1.05. The van der Waals surface area contributed by atoms with E-state index in [0.29, 0.717) is 0 Å². The summed E-state index contributed by atoms with van der Waals surface area (Å²) < 4.78 is 77.4. The molecule has 3 heterocycles. The third kappa shape index (κ3) is 5.24. The van der Waals surface area contributed by atoms with Gasteiger partial charge in [-0.2, -0.15) is 18.3 Å². The van der Waals surface area contributed by atoms with Crippen LogP contribution in [0.1, 0.15) is 17.0 Å². The first kappa shape index (κ1) is 23.4. The van der Waals surface area contributed by atoms with Crippen molar-refractivity contribution in [1.82, 2.24) is 24.9 Å². The summed E-state index contributed by atoms with van der Waals surface area (Å²) in [5, 5.41) is 11.0. The zero-order valence-corrected chi connectivity index (χ0v) is 17.7. The molecule has 0 radical (unpaired) electrons. The molecule has 180 valence electrons. The normalized spacial score (nSPS) is 14.1. The lowest BCUT2D eigenvalue weighted by molar-refractivity contribution is -0.144. The van der Waals surface area contributed by atoms with Gasteiger partial charge in [0.25, 0.3) is 0 Å². The molecule has 0 spiro atoms. The van der Waals surface area contributed by atoms with Crippen LogP contribution in [0.3, 0.4) is 0 Å². The fourth-order valence-electron chi connectivity index (χ4n) is 3.19. The molecule has 13 heteroatoms. The maximum atomic E-state index is 13.6. The van der Waals surface area contributed by atoms with Crippen LogP contribution in [-0.4, -0.2) is 50.0 Å². The number of hydrogen-bond acceptors (Lipinski definition) is 6. The van der Waals surface area contributed by atoms with Gasteiger partial charge in [0.15, 0.2) is 5.69 Å². The molecular weight excluding hydrogens is 465 g/mol. The smallest absolute Gasteiger partial charge is 0.435 e. The predicted octanol–water partition coefficient (Wildman–Crippen LogP) is 3.15. The highest BCUT2D eigenvalue weighted by molar-refractivity contribution is 5.77. The Morgan fingerprint density at radius 2 is 1.74 bits per heavy atom. The molecule has 34 heavy (non-hydrogen) atoms. The van der Waals surface area contributed by atoms with Gasteiger partial charge in [0, 0.05) is 17.8 Å². The number of likely N-dealkylation sites (tertiary alicyclic amines) is 1. The number of aromatic nitrogens is 4. The molecule has 0 N–H and O–H groups in total. The first-order chi connectivity index (χ1) is 16.1. The maximum Gasteiger partial charge on any atom is 0.435 e. The summed E-state index contributed by atoms with van der Waals surface area (Å²) in [6.07, 6.45) is -4.95. The predicted molar refractivity (Wildman–Crippen MR) is 106 cm³/mol. The topological polar surface area (TPSA) is 82.4 Å². The van der Waals surface area contributed by atoms with Gasteiger partial charge in [-0.15, -0.1) is 10.2 Å². The first-order valence-corrected chi connectivity index (χ1v) is 10.1. The van der Waals surface area contributed by atoms with Crippen molar-refractivity contribution in [3.05, 3.63) is 65.0 Å². The molecule has 0 saturated carbocycles. The van der Waals surface area contributed by atoms with Crippen LogP contribution in [0.25, 0.3) is 0 Å². The van der Waals surface area contributed by atoms with Crippen molar-refractivity contribution < 1.29 is 36.2 Å². The fraction of sp³-hybridized carbons (Fsp3) is 0.333. The average molecular weight is 483 g/mol. The molecule has 3 aromatic rings. The van der Waals surface area contributed by atoms with Crippen molar-refractivity contribution in [2.24, 2.45) is 0 Å². The Balaban J connectivity index is 1.24. The number of halogens is 5. The van der Waals surface area contributed by atoms with Gasteiger partial charge < -0.3 is 14.4 Å². The second-order valence-electron chi connectivity index (χ2n) is 7.56. The van der Waals surface area contributed by atoms with E-state index in [0.717, 1.165) is 22.9 Å². The quantitative estimate of drug-likeness (QED) is 0.481. The maximum absolute atomic E-state index is 13.6. The molecule has 0 unspecified atom stereocenters. The van der Waals surface area contributed by atoms with E-state index in [9.17, 15) is 26.7 Å². The van der Waals surface area contributed by atoms with Crippen molar-refractivity contribution in [2.75, 3.05) is 13.1 Å². The van der Waals surface area contributed by atoms with E-state index >= 15 is 0 Å².